The minimum Gasteiger partial charge on any atom is -0.467 e. The summed E-state index contributed by atoms with van der Waals surface area (Å²) >= 11 is 0. The van der Waals surface area contributed by atoms with Crippen molar-refractivity contribution < 1.29 is 9.21 Å². The number of ketones is 1. The topological polar surface area (TPSA) is 72.4 Å². The average Bonchev–Trinajstić information content (AvgIpc) is 3.30. The number of aromatic nitrogens is 3. The first-order valence-corrected chi connectivity index (χ1v) is 7.99. The van der Waals surface area contributed by atoms with Crippen LogP contribution in [0.15, 0.2) is 71.3 Å². The second-order valence-electron chi connectivity index (χ2n) is 5.61. The molecule has 0 fully saturated rings. The van der Waals surface area contributed by atoms with Gasteiger partial charge in [0.2, 0.25) is 0 Å². The number of pyridine rings is 1. The predicted octanol–water partition coefficient (Wildman–Crippen LogP) is 3.36. The van der Waals surface area contributed by atoms with Crippen molar-refractivity contribution in [1.82, 2.24) is 14.6 Å². The summed E-state index contributed by atoms with van der Waals surface area (Å²) in [5, 5.41) is 7.74. The number of carbonyl (C=O) groups excluding carboxylic acids is 1. The Morgan fingerprint density at radius 2 is 1.92 bits per heavy atom. The molecule has 0 unspecified atom stereocenters. The number of benzene rings is 1. The molecule has 1 N–H and O–H groups in total. The molecule has 3 heterocycles. The molecule has 0 saturated carbocycles. The van der Waals surface area contributed by atoms with Crippen LogP contribution in [0.25, 0.3) is 5.65 Å². The number of fused-ring (bicyclic) bond motifs is 1. The molecule has 124 valence electrons. The summed E-state index contributed by atoms with van der Waals surface area (Å²) in [5.74, 6) is 2.12. The van der Waals surface area contributed by atoms with E-state index in [2.05, 4.69) is 15.4 Å². The number of furan rings is 1. The Balaban J connectivity index is 1.55. The molecule has 0 aliphatic carbocycles. The lowest BCUT2D eigenvalue weighted by Gasteiger charge is -2.05. The molecule has 6 nitrogen and oxygen atoms in total. The van der Waals surface area contributed by atoms with Crippen LogP contribution in [0.4, 0.5) is 5.82 Å². The highest BCUT2D eigenvalue weighted by atomic mass is 16.3. The molecule has 0 atom stereocenters. The largest absolute Gasteiger partial charge is 0.467 e. The van der Waals surface area contributed by atoms with Gasteiger partial charge in [0.1, 0.15) is 11.6 Å². The minimum absolute atomic E-state index is 0.00148. The maximum absolute atomic E-state index is 12.3. The molecule has 3 aromatic heterocycles. The van der Waals surface area contributed by atoms with Crippen LogP contribution >= 0.6 is 0 Å². The van der Waals surface area contributed by atoms with E-state index in [9.17, 15) is 4.79 Å². The summed E-state index contributed by atoms with van der Waals surface area (Å²) < 4.78 is 7.03. The smallest absolute Gasteiger partial charge is 0.170 e. The zero-order valence-electron chi connectivity index (χ0n) is 13.4. The highest BCUT2D eigenvalue weighted by Crippen LogP contribution is 2.14. The van der Waals surface area contributed by atoms with E-state index in [1.165, 1.54) is 0 Å². The fourth-order valence-electron chi connectivity index (χ4n) is 2.62. The van der Waals surface area contributed by atoms with Gasteiger partial charge in [-0.15, -0.1) is 5.10 Å². The van der Waals surface area contributed by atoms with Crippen molar-refractivity contribution in [3.05, 3.63) is 84.1 Å². The quantitative estimate of drug-likeness (QED) is 0.548. The SMILES string of the molecule is O=C(Cc1nc2cccc(NCc3ccco3)n2n1)c1ccccc1. The van der Waals surface area contributed by atoms with E-state index in [1.54, 1.807) is 22.9 Å². The highest BCUT2D eigenvalue weighted by Gasteiger charge is 2.12. The van der Waals surface area contributed by atoms with Gasteiger partial charge in [-0.05, 0) is 24.3 Å². The molecule has 0 saturated heterocycles. The Kier molecular flexibility index (Phi) is 4.00. The highest BCUT2D eigenvalue weighted by molar-refractivity contribution is 5.97. The normalized spacial score (nSPS) is 10.9. The van der Waals surface area contributed by atoms with Gasteiger partial charge in [-0.3, -0.25) is 4.79 Å². The van der Waals surface area contributed by atoms with Crippen molar-refractivity contribution in [2.24, 2.45) is 0 Å². The molecule has 0 radical (unpaired) electrons. The maximum Gasteiger partial charge on any atom is 0.170 e. The molecule has 0 spiro atoms. The van der Waals surface area contributed by atoms with Crippen molar-refractivity contribution >= 4 is 17.2 Å². The van der Waals surface area contributed by atoms with E-state index in [4.69, 9.17) is 4.42 Å². The number of nitrogens with zero attached hydrogens (tertiary/aromatic N) is 3. The number of rotatable bonds is 6. The summed E-state index contributed by atoms with van der Waals surface area (Å²) in [7, 11) is 0. The molecule has 1 aromatic carbocycles. The number of carbonyl (C=O) groups is 1. The van der Waals surface area contributed by atoms with Crippen LogP contribution in [-0.2, 0) is 13.0 Å². The monoisotopic (exact) mass is 332 g/mol. The maximum atomic E-state index is 12.3. The summed E-state index contributed by atoms with van der Waals surface area (Å²) in [6.45, 7) is 0.546. The van der Waals surface area contributed by atoms with Gasteiger partial charge >= 0.3 is 0 Å². The van der Waals surface area contributed by atoms with E-state index in [1.807, 2.05) is 48.5 Å². The third kappa shape index (κ3) is 3.28. The lowest BCUT2D eigenvalue weighted by molar-refractivity contribution is 0.0991. The van der Waals surface area contributed by atoms with Crippen molar-refractivity contribution in [2.75, 3.05) is 5.32 Å². The zero-order chi connectivity index (χ0) is 17.1. The van der Waals surface area contributed by atoms with Crippen molar-refractivity contribution in [1.29, 1.82) is 0 Å². The van der Waals surface area contributed by atoms with Gasteiger partial charge in [-0.25, -0.2) is 4.98 Å². The molecular formula is C19H16N4O2. The molecular weight excluding hydrogens is 316 g/mol. The first kappa shape index (κ1) is 15.1. The van der Waals surface area contributed by atoms with E-state index in [-0.39, 0.29) is 12.2 Å². The summed E-state index contributed by atoms with van der Waals surface area (Å²) in [6, 6.07) is 18.6. The van der Waals surface area contributed by atoms with Crippen LogP contribution in [0.3, 0.4) is 0 Å². The number of hydrogen-bond acceptors (Lipinski definition) is 5. The average molecular weight is 332 g/mol. The summed E-state index contributed by atoms with van der Waals surface area (Å²) in [4.78, 5) is 16.8. The van der Waals surface area contributed by atoms with Crippen LogP contribution < -0.4 is 5.32 Å². The molecule has 4 rings (SSSR count). The lowest BCUT2D eigenvalue weighted by atomic mass is 10.1. The third-order valence-corrected chi connectivity index (χ3v) is 3.84. The van der Waals surface area contributed by atoms with E-state index < -0.39 is 0 Å². The second kappa shape index (κ2) is 6.60. The standard InChI is InChI=1S/C19H16N4O2/c24-16(14-6-2-1-3-7-14)12-17-21-19-10-4-9-18(23(19)22-17)20-13-15-8-5-11-25-15/h1-11,20H,12-13H2. The second-order valence-corrected chi connectivity index (χ2v) is 5.61. The van der Waals surface area contributed by atoms with Crippen LogP contribution in [0, 0.1) is 0 Å². The van der Waals surface area contributed by atoms with E-state index >= 15 is 0 Å². The summed E-state index contributed by atoms with van der Waals surface area (Å²) in [5.41, 5.74) is 1.36. The molecule has 25 heavy (non-hydrogen) atoms. The molecule has 0 aliphatic rings. The van der Waals surface area contributed by atoms with E-state index in [0.717, 1.165) is 11.6 Å². The Bertz CT molecular complexity index is 991. The zero-order valence-corrected chi connectivity index (χ0v) is 13.4. The van der Waals surface area contributed by atoms with Crippen molar-refractivity contribution in [3.63, 3.8) is 0 Å². The molecule has 0 bridgehead atoms. The fraction of sp³-hybridized carbons (Fsp3) is 0.105. The van der Waals surface area contributed by atoms with Crippen LogP contribution in [-0.4, -0.2) is 20.4 Å². The van der Waals surface area contributed by atoms with Gasteiger partial charge in [0.05, 0.1) is 19.2 Å². The minimum atomic E-state index is 0.00148. The predicted molar refractivity (Wildman–Crippen MR) is 93.5 cm³/mol. The first-order chi connectivity index (χ1) is 12.3. The van der Waals surface area contributed by atoms with Gasteiger partial charge in [-0.2, -0.15) is 4.52 Å². The molecule has 4 aromatic rings. The Morgan fingerprint density at radius 1 is 1.04 bits per heavy atom. The van der Waals surface area contributed by atoms with E-state index in [0.29, 0.717) is 23.6 Å². The Hall–Kier alpha value is -3.41. The van der Waals surface area contributed by atoms with Gasteiger partial charge in [0.25, 0.3) is 0 Å². The molecule has 6 heteroatoms. The summed E-state index contributed by atoms with van der Waals surface area (Å²) in [6.07, 6.45) is 1.81. The third-order valence-electron chi connectivity index (χ3n) is 3.84. The lowest BCUT2D eigenvalue weighted by Crippen LogP contribution is -2.06. The van der Waals surface area contributed by atoms with Gasteiger partial charge < -0.3 is 9.73 Å². The van der Waals surface area contributed by atoms with Gasteiger partial charge in [0.15, 0.2) is 17.3 Å². The number of nitrogens with one attached hydrogen (secondary N) is 1. The number of anilines is 1. The Labute approximate surface area is 144 Å². The van der Waals surface area contributed by atoms with Crippen LogP contribution in [0.2, 0.25) is 0 Å². The van der Waals surface area contributed by atoms with Crippen LogP contribution in [0.1, 0.15) is 21.9 Å². The Morgan fingerprint density at radius 3 is 2.72 bits per heavy atom. The molecule has 0 amide bonds. The van der Waals surface area contributed by atoms with Crippen molar-refractivity contribution in [3.8, 4) is 0 Å². The first-order valence-electron chi connectivity index (χ1n) is 7.99. The van der Waals surface area contributed by atoms with Crippen LogP contribution in [0.5, 0.6) is 0 Å². The van der Waals surface area contributed by atoms with Gasteiger partial charge in [0, 0.05) is 5.56 Å². The van der Waals surface area contributed by atoms with Crippen molar-refractivity contribution in [2.45, 2.75) is 13.0 Å². The number of Topliss-reactive ketones (excluding diaryl/α,β-unsaturated/α-hetero) is 1. The van der Waals surface area contributed by atoms with Gasteiger partial charge in [-0.1, -0.05) is 36.4 Å². The number of hydrogen-bond donors (Lipinski definition) is 1. The molecule has 0 aliphatic heterocycles. The fourth-order valence-corrected chi connectivity index (χ4v) is 2.62.